The van der Waals surface area contributed by atoms with E-state index < -0.39 is 35.5 Å². The SMILES string of the molecule is CC(C)C(=O)OCC(=O)[C@@]12O[C@H](C3CCCCC3)O[C@H]1C[C@H]1[C@@H]3CCC4=CC(=O)C=C[C@]4(C)[C@H]3[C@@H](O)C[C@@]12C. The highest BCUT2D eigenvalue weighted by atomic mass is 16.7. The Balaban J connectivity index is 1.35. The number of esters is 1. The molecule has 1 aliphatic heterocycles. The number of carbonyl (C=O) groups excluding carboxylic acids is 3. The Morgan fingerprint density at radius 3 is 2.62 bits per heavy atom. The quantitative estimate of drug-likeness (QED) is 0.505. The third kappa shape index (κ3) is 3.97. The second-order valence-corrected chi connectivity index (χ2v) is 13.9. The summed E-state index contributed by atoms with van der Waals surface area (Å²) in [6.07, 6.45) is 12.2. The van der Waals surface area contributed by atoms with E-state index in [0.717, 1.165) is 44.1 Å². The summed E-state index contributed by atoms with van der Waals surface area (Å²) < 4.78 is 19.0. The number of fused-ring (bicyclic) bond motifs is 7. The minimum atomic E-state index is -1.25. The van der Waals surface area contributed by atoms with Crippen LogP contribution in [0.3, 0.4) is 0 Å². The fraction of sp³-hybridized carbons (Fsp3) is 0.781. The zero-order valence-electron chi connectivity index (χ0n) is 23.8. The molecule has 0 bridgehead atoms. The highest BCUT2D eigenvalue weighted by Gasteiger charge is 2.76. The minimum Gasteiger partial charge on any atom is -0.457 e. The van der Waals surface area contributed by atoms with Crippen LogP contribution in [-0.2, 0) is 28.6 Å². The summed E-state index contributed by atoms with van der Waals surface area (Å²) in [4.78, 5) is 38.7. The van der Waals surface area contributed by atoms with Crippen molar-refractivity contribution in [2.45, 2.75) is 110 Å². The number of aliphatic hydroxyl groups is 1. The molecule has 0 spiro atoms. The largest absolute Gasteiger partial charge is 0.457 e. The van der Waals surface area contributed by atoms with E-state index in [9.17, 15) is 19.5 Å². The molecule has 4 saturated carbocycles. The molecule has 6 rings (SSSR count). The fourth-order valence-electron chi connectivity index (χ4n) is 9.62. The van der Waals surface area contributed by atoms with E-state index in [1.807, 2.05) is 6.08 Å². The number of aliphatic hydroxyl groups excluding tert-OH is 1. The number of carbonyl (C=O) groups is 3. The normalized spacial score (nSPS) is 45.3. The topological polar surface area (TPSA) is 99.1 Å². The lowest BCUT2D eigenvalue weighted by molar-refractivity contribution is -0.210. The number of ketones is 2. The Hall–Kier alpha value is -1.83. The van der Waals surface area contributed by atoms with Gasteiger partial charge in [0, 0.05) is 22.7 Å². The Labute approximate surface area is 231 Å². The van der Waals surface area contributed by atoms with Crippen molar-refractivity contribution in [3.05, 3.63) is 23.8 Å². The van der Waals surface area contributed by atoms with E-state index in [1.165, 1.54) is 6.42 Å². The van der Waals surface area contributed by atoms with E-state index in [2.05, 4.69) is 13.8 Å². The molecule has 0 aromatic heterocycles. The summed E-state index contributed by atoms with van der Waals surface area (Å²) in [6, 6.07) is 0. The van der Waals surface area contributed by atoms with Gasteiger partial charge in [0.25, 0.3) is 0 Å². The molecule has 214 valence electrons. The summed E-state index contributed by atoms with van der Waals surface area (Å²) >= 11 is 0. The fourth-order valence-corrected chi connectivity index (χ4v) is 9.62. The third-order valence-electron chi connectivity index (χ3n) is 11.5. The lowest BCUT2D eigenvalue weighted by Gasteiger charge is -2.59. The Kier molecular flexibility index (Phi) is 6.75. The van der Waals surface area contributed by atoms with Crippen molar-refractivity contribution in [1.29, 1.82) is 0 Å². The summed E-state index contributed by atoms with van der Waals surface area (Å²) in [5.41, 5.74) is -1.19. The van der Waals surface area contributed by atoms with Crippen molar-refractivity contribution in [2.75, 3.05) is 6.61 Å². The summed E-state index contributed by atoms with van der Waals surface area (Å²) in [7, 11) is 0. The van der Waals surface area contributed by atoms with Crippen LogP contribution >= 0.6 is 0 Å². The molecular formula is C32H44O7. The van der Waals surface area contributed by atoms with Crippen LogP contribution in [0.4, 0.5) is 0 Å². The maximum Gasteiger partial charge on any atom is 0.308 e. The first-order valence-corrected chi connectivity index (χ1v) is 15.2. The number of allylic oxidation sites excluding steroid dienone is 4. The summed E-state index contributed by atoms with van der Waals surface area (Å²) in [6.45, 7) is 7.44. The van der Waals surface area contributed by atoms with Crippen molar-refractivity contribution in [3.8, 4) is 0 Å². The third-order valence-corrected chi connectivity index (χ3v) is 11.5. The highest BCUT2D eigenvalue weighted by molar-refractivity contribution is 6.01. The number of Topliss-reactive ketones (excluding diaryl/α,β-unsaturated/α-hetero) is 1. The zero-order chi connectivity index (χ0) is 27.7. The first-order valence-electron chi connectivity index (χ1n) is 15.2. The van der Waals surface area contributed by atoms with Crippen LogP contribution in [-0.4, -0.2) is 53.3 Å². The second kappa shape index (κ2) is 9.63. The number of hydrogen-bond donors (Lipinski definition) is 1. The van der Waals surface area contributed by atoms with Gasteiger partial charge in [-0.25, -0.2) is 0 Å². The number of rotatable bonds is 5. The number of hydrogen-bond acceptors (Lipinski definition) is 7. The second-order valence-electron chi connectivity index (χ2n) is 13.9. The first-order chi connectivity index (χ1) is 18.5. The van der Waals surface area contributed by atoms with Crippen LogP contribution < -0.4 is 0 Å². The lowest BCUT2D eigenvalue weighted by Crippen LogP contribution is -2.63. The van der Waals surface area contributed by atoms with Gasteiger partial charge >= 0.3 is 5.97 Å². The van der Waals surface area contributed by atoms with Crippen LogP contribution in [0, 0.1) is 40.4 Å². The van der Waals surface area contributed by atoms with E-state index in [1.54, 1.807) is 26.0 Å². The van der Waals surface area contributed by atoms with Crippen molar-refractivity contribution in [1.82, 2.24) is 0 Å². The molecule has 1 saturated heterocycles. The zero-order valence-corrected chi connectivity index (χ0v) is 23.8. The van der Waals surface area contributed by atoms with E-state index >= 15 is 0 Å². The van der Waals surface area contributed by atoms with Gasteiger partial charge in [-0.1, -0.05) is 58.6 Å². The Morgan fingerprint density at radius 2 is 1.90 bits per heavy atom. The average Bonchev–Trinajstić information content (AvgIpc) is 3.41. The maximum absolute atomic E-state index is 14.2. The van der Waals surface area contributed by atoms with Gasteiger partial charge in [0.05, 0.1) is 18.1 Å². The molecule has 5 fully saturated rings. The molecule has 7 heteroatoms. The van der Waals surface area contributed by atoms with E-state index in [0.29, 0.717) is 12.8 Å². The van der Waals surface area contributed by atoms with Crippen LogP contribution in [0.25, 0.3) is 0 Å². The van der Waals surface area contributed by atoms with Crippen LogP contribution in [0.2, 0.25) is 0 Å². The van der Waals surface area contributed by atoms with Gasteiger partial charge in [0.2, 0.25) is 5.78 Å². The smallest absolute Gasteiger partial charge is 0.308 e. The molecule has 1 heterocycles. The molecule has 6 aliphatic rings. The Morgan fingerprint density at radius 1 is 1.15 bits per heavy atom. The monoisotopic (exact) mass is 540 g/mol. The molecule has 0 aromatic rings. The molecule has 0 amide bonds. The Bertz CT molecular complexity index is 1100. The predicted octanol–water partition coefficient (Wildman–Crippen LogP) is 4.70. The maximum atomic E-state index is 14.2. The number of ether oxygens (including phenoxy) is 3. The summed E-state index contributed by atoms with van der Waals surface area (Å²) in [5.74, 6) is -0.471. The van der Waals surface area contributed by atoms with Gasteiger partial charge in [-0.15, -0.1) is 0 Å². The minimum absolute atomic E-state index is 0.0162. The van der Waals surface area contributed by atoms with Gasteiger partial charge in [0.15, 0.2) is 24.3 Å². The van der Waals surface area contributed by atoms with E-state index in [4.69, 9.17) is 14.2 Å². The van der Waals surface area contributed by atoms with Crippen LogP contribution in [0.1, 0.15) is 85.5 Å². The van der Waals surface area contributed by atoms with Gasteiger partial charge in [-0.05, 0) is 62.5 Å². The molecule has 7 nitrogen and oxygen atoms in total. The molecule has 1 N–H and O–H groups in total. The molecule has 0 unspecified atom stereocenters. The molecule has 39 heavy (non-hydrogen) atoms. The van der Waals surface area contributed by atoms with Crippen LogP contribution in [0.5, 0.6) is 0 Å². The molecule has 5 aliphatic carbocycles. The molecular weight excluding hydrogens is 496 g/mol. The molecule has 9 atom stereocenters. The lowest BCUT2D eigenvalue weighted by atomic mass is 9.46. The van der Waals surface area contributed by atoms with Gasteiger partial charge in [-0.3, -0.25) is 14.4 Å². The van der Waals surface area contributed by atoms with E-state index in [-0.39, 0.29) is 53.2 Å². The average molecular weight is 541 g/mol. The first kappa shape index (κ1) is 27.3. The van der Waals surface area contributed by atoms with Crippen molar-refractivity contribution >= 4 is 17.5 Å². The van der Waals surface area contributed by atoms with Gasteiger partial charge in [-0.2, -0.15) is 0 Å². The predicted molar refractivity (Wildman–Crippen MR) is 143 cm³/mol. The van der Waals surface area contributed by atoms with Crippen LogP contribution in [0.15, 0.2) is 23.8 Å². The highest BCUT2D eigenvalue weighted by Crippen LogP contribution is 2.70. The van der Waals surface area contributed by atoms with Gasteiger partial charge < -0.3 is 19.3 Å². The standard InChI is InChI=1S/C32H44O7/c1-18(2)28(36)37-17-25(35)32-26(38-29(39-32)19-8-6-5-7-9-19)15-23-22-11-10-20-14-21(33)12-13-30(20,3)27(22)24(34)16-31(23,32)4/h12-14,18-19,22-24,26-27,29,34H,5-11,15-17H2,1-4H3/t22-,23-,24-,26-,27+,29+,30-,31-,32+/m0/s1. The summed E-state index contributed by atoms with van der Waals surface area (Å²) in [5, 5.41) is 11.9. The molecule has 0 aromatic carbocycles. The van der Waals surface area contributed by atoms with Crippen molar-refractivity contribution in [2.24, 2.45) is 40.4 Å². The van der Waals surface area contributed by atoms with Gasteiger partial charge in [0.1, 0.15) is 0 Å². The van der Waals surface area contributed by atoms with Crippen molar-refractivity contribution in [3.63, 3.8) is 0 Å². The van der Waals surface area contributed by atoms with Crippen molar-refractivity contribution < 1.29 is 33.7 Å². The molecule has 0 radical (unpaired) electrons.